The van der Waals surface area contributed by atoms with E-state index in [0.29, 0.717) is 38.2 Å². The predicted octanol–water partition coefficient (Wildman–Crippen LogP) is 3.89. The van der Waals surface area contributed by atoms with Crippen molar-refractivity contribution >= 4 is 29.3 Å². The number of nitro benzene ring substituents is 1. The number of halogens is 1. The van der Waals surface area contributed by atoms with Crippen molar-refractivity contribution in [2.24, 2.45) is 5.92 Å². The van der Waals surface area contributed by atoms with Crippen molar-refractivity contribution in [1.29, 1.82) is 0 Å². The molecule has 0 aromatic heterocycles. The molecule has 152 valence electrons. The molecule has 2 aromatic carbocycles. The van der Waals surface area contributed by atoms with E-state index in [1.807, 2.05) is 6.07 Å². The van der Waals surface area contributed by atoms with Crippen LogP contribution in [0.3, 0.4) is 0 Å². The van der Waals surface area contributed by atoms with Crippen LogP contribution in [0.25, 0.3) is 0 Å². The molecule has 0 radical (unpaired) electrons. The van der Waals surface area contributed by atoms with Crippen molar-refractivity contribution in [1.82, 2.24) is 10.2 Å². The van der Waals surface area contributed by atoms with Gasteiger partial charge in [0.1, 0.15) is 11.3 Å². The molecule has 1 heterocycles. The van der Waals surface area contributed by atoms with Gasteiger partial charge >= 0.3 is 6.09 Å². The van der Waals surface area contributed by atoms with E-state index in [9.17, 15) is 19.7 Å². The van der Waals surface area contributed by atoms with Crippen LogP contribution < -0.4 is 10.1 Å². The molecule has 9 heteroatoms. The van der Waals surface area contributed by atoms with Crippen LogP contribution in [0.1, 0.15) is 23.2 Å². The number of para-hydroxylation sites is 1. The molecular formula is C20H20ClN3O5. The third-order valence-electron chi connectivity index (χ3n) is 4.77. The summed E-state index contributed by atoms with van der Waals surface area (Å²) in [6.07, 6.45) is 0.997. The number of amides is 2. The van der Waals surface area contributed by atoms with Gasteiger partial charge in [0.05, 0.1) is 4.92 Å². The molecule has 2 aromatic rings. The van der Waals surface area contributed by atoms with Crippen LogP contribution in [0.5, 0.6) is 5.75 Å². The van der Waals surface area contributed by atoms with Gasteiger partial charge in [0.25, 0.3) is 11.6 Å². The zero-order valence-corrected chi connectivity index (χ0v) is 16.3. The number of carbonyl (C=O) groups excluding carboxylic acids is 2. The largest absolute Gasteiger partial charge is 0.415 e. The normalized spacial score (nSPS) is 14.3. The molecule has 0 saturated carbocycles. The van der Waals surface area contributed by atoms with E-state index < -0.39 is 16.9 Å². The summed E-state index contributed by atoms with van der Waals surface area (Å²) in [4.78, 5) is 36.7. The lowest BCUT2D eigenvalue weighted by Crippen LogP contribution is -2.42. The standard InChI is InChI=1S/C20H20ClN3O5/c21-15-6-7-18(24(27)28)17(12-15)19(25)22-13-14-8-10-23(11-9-14)20(26)29-16-4-2-1-3-5-16/h1-7,12,14H,8-11,13H2,(H,22,25). The molecule has 8 nitrogen and oxygen atoms in total. The Morgan fingerprint density at radius 3 is 2.52 bits per heavy atom. The van der Waals surface area contributed by atoms with Gasteiger partial charge in [0.2, 0.25) is 0 Å². The lowest BCUT2D eigenvalue weighted by Gasteiger charge is -2.31. The van der Waals surface area contributed by atoms with Crippen LogP contribution >= 0.6 is 11.6 Å². The molecule has 0 unspecified atom stereocenters. The molecule has 1 aliphatic rings. The van der Waals surface area contributed by atoms with Crippen LogP contribution in [-0.2, 0) is 0 Å². The van der Waals surface area contributed by atoms with Gasteiger partial charge in [-0.1, -0.05) is 29.8 Å². The summed E-state index contributed by atoms with van der Waals surface area (Å²) in [5.74, 6) is 0.123. The van der Waals surface area contributed by atoms with Crippen LogP contribution in [-0.4, -0.2) is 41.5 Å². The number of ether oxygens (including phenoxy) is 1. The monoisotopic (exact) mass is 417 g/mol. The maximum absolute atomic E-state index is 12.4. The van der Waals surface area contributed by atoms with Crippen LogP contribution in [0.4, 0.5) is 10.5 Å². The van der Waals surface area contributed by atoms with Crippen LogP contribution in [0.2, 0.25) is 5.02 Å². The zero-order valence-electron chi connectivity index (χ0n) is 15.5. The number of piperidine rings is 1. The second-order valence-electron chi connectivity index (χ2n) is 6.74. The minimum atomic E-state index is -0.609. The van der Waals surface area contributed by atoms with Gasteiger partial charge in [0.15, 0.2) is 0 Å². The number of likely N-dealkylation sites (tertiary alicyclic amines) is 1. The van der Waals surface area contributed by atoms with E-state index >= 15 is 0 Å². The maximum atomic E-state index is 12.4. The van der Waals surface area contributed by atoms with E-state index in [4.69, 9.17) is 16.3 Å². The molecule has 1 fully saturated rings. The van der Waals surface area contributed by atoms with Gasteiger partial charge < -0.3 is 15.0 Å². The molecule has 1 aliphatic heterocycles. The quantitative estimate of drug-likeness (QED) is 0.587. The predicted molar refractivity (Wildman–Crippen MR) is 107 cm³/mol. The molecular weight excluding hydrogens is 398 g/mol. The second kappa shape index (κ2) is 9.38. The highest BCUT2D eigenvalue weighted by atomic mass is 35.5. The first-order valence-electron chi connectivity index (χ1n) is 9.18. The number of nitro groups is 1. The smallest absolute Gasteiger partial charge is 0.410 e. The van der Waals surface area contributed by atoms with Crippen molar-refractivity contribution < 1.29 is 19.2 Å². The number of nitrogens with zero attached hydrogens (tertiary/aromatic N) is 2. The number of hydrogen-bond donors (Lipinski definition) is 1. The molecule has 3 rings (SSSR count). The van der Waals surface area contributed by atoms with Crippen molar-refractivity contribution in [2.75, 3.05) is 19.6 Å². The van der Waals surface area contributed by atoms with E-state index in [0.717, 1.165) is 0 Å². The van der Waals surface area contributed by atoms with Crippen LogP contribution in [0.15, 0.2) is 48.5 Å². The van der Waals surface area contributed by atoms with E-state index in [1.165, 1.54) is 18.2 Å². The molecule has 0 spiro atoms. The Labute approximate surface area is 172 Å². The first-order valence-corrected chi connectivity index (χ1v) is 9.56. The van der Waals surface area contributed by atoms with E-state index in [2.05, 4.69) is 5.32 Å². The molecule has 0 aliphatic carbocycles. The average Bonchev–Trinajstić information content (AvgIpc) is 2.72. The van der Waals surface area contributed by atoms with Crippen LogP contribution in [0, 0.1) is 16.0 Å². The SMILES string of the molecule is O=C(NCC1CCN(C(=O)Oc2ccccc2)CC1)c1cc(Cl)ccc1[N+](=O)[O-]. The maximum Gasteiger partial charge on any atom is 0.415 e. The van der Waals surface area contributed by atoms with Gasteiger partial charge in [-0.25, -0.2) is 4.79 Å². The Bertz CT molecular complexity index is 898. The number of rotatable bonds is 5. The van der Waals surface area contributed by atoms with Gasteiger partial charge in [-0.05, 0) is 43.0 Å². The summed E-state index contributed by atoms with van der Waals surface area (Å²) in [7, 11) is 0. The lowest BCUT2D eigenvalue weighted by atomic mass is 9.97. The van der Waals surface area contributed by atoms with E-state index in [-0.39, 0.29) is 22.2 Å². The summed E-state index contributed by atoms with van der Waals surface area (Å²) in [5, 5.41) is 14.1. The Kier molecular flexibility index (Phi) is 6.66. The third-order valence-corrected chi connectivity index (χ3v) is 5.01. The van der Waals surface area contributed by atoms with Gasteiger partial charge in [-0.15, -0.1) is 0 Å². The fourth-order valence-electron chi connectivity index (χ4n) is 3.16. The van der Waals surface area contributed by atoms with Gasteiger partial charge in [-0.3, -0.25) is 14.9 Å². The van der Waals surface area contributed by atoms with Gasteiger partial charge in [-0.2, -0.15) is 0 Å². The Morgan fingerprint density at radius 2 is 1.86 bits per heavy atom. The summed E-state index contributed by atoms with van der Waals surface area (Å²) in [6, 6.07) is 12.7. The van der Waals surface area contributed by atoms with Crippen molar-refractivity contribution in [3.63, 3.8) is 0 Å². The third kappa shape index (κ3) is 5.45. The summed E-state index contributed by atoms with van der Waals surface area (Å²) < 4.78 is 5.33. The molecule has 0 bridgehead atoms. The lowest BCUT2D eigenvalue weighted by molar-refractivity contribution is -0.385. The first kappa shape index (κ1) is 20.6. The highest BCUT2D eigenvalue weighted by Gasteiger charge is 2.26. The Morgan fingerprint density at radius 1 is 1.17 bits per heavy atom. The topological polar surface area (TPSA) is 102 Å². The molecule has 1 N–H and O–H groups in total. The fraction of sp³-hybridized carbons (Fsp3) is 0.300. The zero-order chi connectivity index (χ0) is 20.8. The number of nitrogens with one attached hydrogen (secondary N) is 1. The Hall–Kier alpha value is -3.13. The van der Waals surface area contributed by atoms with Crippen molar-refractivity contribution in [3.8, 4) is 5.75 Å². The fourth-order valence-corrected chi connectivity index (χ4v) is 3.33. The molecule has 1 saturated heterocycles. The summed E-state index contributed by atoms with van der Waals surface area (Å²) >= 11 is 5.87. The number of hydrogen-bond acceptors (Lipinski definition) is 5. The minimum absolute atomic E-state index is 0.0635. The van der Waals surface area contributed by atoms with E-state index in [1.54, 1.807) is 29.2 Å². The van der Waals surface area contributed by atoms with Crippen molar-refractivity contribution in [3.05, 3.63) is 69.2 Å². The second-order valence-corrected chi connectivity index (χ2v) is 7.18. The highest BCUT2D eigenvalue weighted by Crippen LogP contribution is 2.23. The Balaban J connectivity index is 1.49. The number of carbonyl (C=O) groups is 2. The summed E-state index contributed by atoms with van der Waals surface area (Å²) in [5.41, 5.74) is -0.350. The van der Waals surface area contributed by atoms with Crippen molar-refractivity contribution in [2.45, 2.75) is 12.8 Å². The molecule has 29 heavy (non-hydrogen) atoms. The number of benzene rings is 2. The summed E-state index contributed by atoms with van der Waals surface area (Å²) in [6.45, 7) is 1.40. The average molecular weight is 418 g/mol. The van der Waals surface area contributed by atoms with Gasteiger partial charge in [0, 0.05) is 30.7 Å². The highest BCUT2D eigenvalue weighted by molar-refractivity contribution is 6.31. The molecule has 0 atom stereocenters. The minimum Gasteiger partial charge on any atom is -0.410 e. The molecule has 2 amide bonds. The first-order chi connectivity index (χ1) is 13.9.